The lowest BCUT2D eigenvalue weighted by Gasteiger charge is -2.21. The number of rotatable bonds is 5. The van der Waals surface area contributed by atoms with Crippen LogP contribution in [0.1, 0.15) is 37.8 Å². The van der Waals surface area contributed by atoms with Crippen molar-refractivity contribution in [2.75, 3.05) is 13.2 Å². The van der Waals surface area contributed by atoms with Crippen molar-refractivity contribution in [1.29, 1.82) is 0 Å². The molecular weight excluding hydrogens is 302 g/mol. The fraction of sp³-hybridized carbons (Fsp3) is 0.562. The number of hydrogen-bond donors (Lipinski definition) is 1. The Balaban J connectivity index is 1.96. The molecule has 1 saturated carbocycles. The molecule has 2 aliphatic rings. The SMILES string of the molecule is CCOC(=O)[C@@H]1CCN[C@@H]1c1ccccc1S(=O)(=O)C1CC1. The van der Waals surface area contributed by atoms with Gasteiger partial charge in [0, 0.05) is 6.04 Å². The number of carbonyl (C=O) groups is 1. The van der Waals surface area contributed by atoms with Crippen LogP contribution in [0.2, 0.25) is 0 Å². The molecule has 120 valence electrons. The first-order chi connectivity index (χ1) is 10.6. The Morgan fingerprint density at radius 2 is 2.00 bits per heavy atom. The quantitative estimate of drug-likeness (QED) is 0.837. The largest absolute Gasteiger partial charge is 0.466 e. The highest BCUT2D eigenvalue weighted by molar-refractivity contribution is 7.92. The van der Waals surface area contributed by atoms with E-state index in [1.54, 1.807) is 19.1 Å². The summed E-state index contributed by atoms with van der Waals surface area (Å²) in [4.78, 5) is 12.5. The van der Waals surface area contributed by atoms with Gasteiger partial charge in [0.15, 0.2) is 9.84 Å². The molecule has 0 amide bonds. The smallest absolute Gasteiger partial charge is 0.310 e. The van der Waals surface area contributed by atoms with Crippen molar-refractivity contribution in [2.24, 2.45) is 5.92 Å². The molecule has 1 saturated heterocycles. The molecule has 0 radical (unpaired) electrons. The van der Waals surface area contributed by atoms with Gasteiger partial charge in [-0.3, -0.25) is 4.79 Å². The molecule has 2 atom stereocenters. The zero-order valence-corrected chi connectivity index (χ0v) is 13.4. The van der Waals surface area contributed by atoms with E-state index in [1.165, 1.54) is 0 Å². The zero-order valence-electron chi connectivity index (χ0n) is 12.6. The number of esters is 1. The maximum absolute atomic E-state index is 12.6. The van der Waals surface area contributed by atoms with E-state index < -0.39 is 9.84 Å². The molecule has 0 spiro atoms. The lowest BCUT2D eigenvalue weighted by Crippen LogP contribution is -2.27. The zero-order chi connectivity index (χ0) is 15.7. The Labute approximate surface area is 131 Å². The third-order valence-corrected chi connectivity index (χ3v) is 6.67. The van der Waals surface area contributed by atoms with Crippen LogP contribution < -0.4 is 5.32 Å². The van der Waals surface area contributed by atoms with Crippen LogP contribution in [-0.2, 0) is 19.4 Å². The van der Waals surface area contributed by atoms with Gasteiger partial charge in [0.25, 0.3) is 0 Å². The Hall–Kier alpha value is -1.40. The maximum Gasteiger partial charge on any atom is 0.310 e. The predicted octanol–water partition coefficient (Wildman–Crippen LogP) is 1.84. The molecule has 1 aliphatic heterocycles. The lowest BCUT2D eigenvalue weighted by molar-refractivity contribution is -0.148. The third-order valence-electron chi connectivity index (χ3n) is 4.34. The maximum atomic E-state index is 12.6. The molecule has 5 nitrogen and oxygen atoms in total. The van der Waals surface area contributed by atoms with Gasteiger partial charge in [-0.15, -0.1) is 0 Å². The molecule has 6 heteroatoms. The minimum absolute atomic E-state index is 0.254. The van der Waals surface area contributed by atoms with Gasteiger partial charge in [0.1, 0.15) is 0 Å². The van der Waals surface area contributed by atoms with E-state index in [9.17, 15) is 13.2 Å². The molecule has 1 aliphatic carbocycles. The Kier molecular flexibility index (Phi) is 4.23. The fourth-order valence-electron chi connectivity index (χ4n) is 3.09. The molecule has 3 rings (SSSR count). The van der Waals surface area contributed by atoms with E-state index in [4.69, 9.17) is 4.74 Å². The molecule has 1 heterocycles. The number of hydrogen-bond acceptors (Lipinski definition) is 5. The number of ether oxygens (including phenoxy) is 1. The van der Waals surface area contributed by atoms with Crippen molar-refractivity contribution >= 4 is 15.8 Å². The highest BCUT2D eigenvalue weighted by atomic mass is 32.2. The Bertz CT molecular complexity index is 666. The molecule has 0 aromatic heterocycles. The van der Waals surface area contributed by atoms with E-state index in [0.29, 0.717) is 30.0 Å². The van der Waals surface area contributed by atoms with Crippen molar-refractivity contribution < 1.29 is 17.9 Å². The predicted molar refractivity (Wildman–Crippen MR) is 82.1 cm³/mol. The Morgan fingerprint density at radius 1 is 1.27 bits per heavy atom. The molecule has 22 heavy (non-hydrogen) atoms. The van der Waals surface area contributed by atoms with Gasteiger partial charge in [-0.25, -0.2) is 8.42 Å². The van der Waals surface area contributed by atoms with E-state index in [-0.39, 0.29) is 23.2 Å². The van der Waals surface area contributed by atoms with Crippen LogP contribution in [0.15, 0.2) is 29.2 Å². The fourth-order valence-corrected chi connectivity index (χ4v) is 5.00. The molecule has 2 fully saturated rings. The number of sulfone groups is 1. The van der Waals surface area contributed by atoms with E-state index in [2.05, 4.69) is 5.32 Å². The lowest BCUT2D eigenvalue weighted by atomic mass is 9.94. The summed E-state index contributed by atoms with van der Waals surface area (Å²) in [5, 5.41) is 3.02. The van der Waals surface area contributed by atoms with Crippen LogP contribution in [0.5, 0.6) is 0 Å². The number of nitrogens with one attached hydrogen (secondary N) is 1. The molecule has 0 bridgehead atoms. The van der Waals surface area contributed by atoms with Crippen molar-refractivity contribution in [3.8, 4) is 0 Å². The summed E-state index contributed by atoms with van der Waals surface area (Å²) in [7, 11) is -3.29. The minimum atomic E-state index is -3.29. The van der Waals surface area contributed by atoms with Gasteiger partial charge in [-0.05, 0) is 44.4 Å². The Morgan fingerprint density at radius 3 is 2.68 bits per heavy atom. The molecule has 1 aromatic rings. The van der Waals surface area contributed by atoms with Gasteiger partial charge >= 0.3 is 5.97 Å². The van der Waals surface area contributed by atoms with E-state index in [0.717, 1.165) is 12.8 Å². The summed E-state index contributed by atoms with van der Waals surface area (Å²) in [5.74, 6) is -0.577. The normalized spacial score (nSPS) is 25.1. The monoisotopic (exact) mass is 323 g/mol. The second-order valence-electron chi connectivity index (χ2n) is 5.86. The van der Waals surface area contributed by atoms with Crippen molar-refractivity contribution in [2.45, 2.75) is 42.4 Å². The van der Waals surface area contributed by atoms with Crippen molar-refractivity contribution in [3.05, 3.63) is 29.8 Å². The number of carbonyl (C=O) groups excluding carboxylic acids is 1. The van der Waals surface area contributed by atoms with Gasteiger partial charge in [-0.2, -0.15) is 0 Å². The van der Waals surface area contributed by atoms with Crippen LogP contribution >= 0.6 is 0 Å². The first-order valence-electron chi connectivity index (χ1n) is 7.78. The second kappa shape index (κ2) is 6.01. The van der Waals surface area contributed by atoms with Crippen molar-refractivity contribution in [1.82, 2.24) is 5.32 Å². The molecule has 0 unspecified atom stereocenters. The summed E-state index contributed by atoms with van der Waals surface area (Å²) in [5.41, 5.74) is 0.699. The standard InChI is InChI=1S/C16H21NO4S/c1-2-21-16(18)13-9-10-17-15(13)12-5-3-4-6-14(12)22(19,20)11-7-8-11/h3-6,11,13,15,17H,2,7-10H2,1H3/t13-,15-/m1/s1. The van der Waals surface area contributed by atoms with Crippen LogP contribution in [-0.4, -0.2) is 32.8 Å². The van der Waals surface area contributed by atoms with Crippen LogP contribution in [0.3, 0.4) is 0 Å². The third kappa shape index (κ3) is 2.77. The summed E-state index contributed by atoms with van der Waals surface area (Å²) in [6.45, 7) is 2.80. The molecular formula is C16H21NO4S. The highest BCUT2D eigenvalue weighted by Crippen LogP contribution is 2.39. The first kappa shape index (κ1) is 15.5. The minimum Gasteiger partial charge on any atom is -0.466 e. The summed E-state index contributed by atoms with van der Waals surface area (Å²) in [6.07, 6.45) is 2.13. The topological polar surface area (TPSA) is 72.5 Å². The summed E-state index contributed by atoms with van der Waals surface area (Å²) in [6, 6.07) is 6.75. The van der Waals surface area contributed by atoms with Gasteiger partial charge in [-0.1, -0.05) is 18.2 Å². The summed E-state index contributed by atoms with van der Waals surface area (Å²) >= 11 is 0. The van der Waals surface area contributed by atoms with Gasteiger partial charge in [0.05, 0.1) is 22.7 Å². The highest BCUT2D eigenvalue weighted by Gasteiger charge is 2.42. The van der Waals surface area contributed by atoms with E-state index in [1.807, 2.05) is 12.1 Å². The number of benzene rings is 1. The average Bonchev–Trinajstić information content (AvgIpc) is 3.26. The van der Waals surface area contributed by atoms with Crippen LogP contribution in [0, 0.1) is 5.92 Å². The van der Waals surface area contributed by atoms with Crippen LogP contribution in [0.25, 0.3) is 0 Å². The van der Waals surface area contributed by atoms with Crippen LogP contribution in [0.4, 0.5) is 0 Å². The summed E-state index contributed by atoms with van der Waals surface area (Å²) < 4.78 is 30.4. The van der Waals surface area contributed by atoms with Gasteiger partial charge < -0.3 is 10.1 Å². The van der Waals surface area contributed by atoms with E-state index >= 15 is 0 Å². The average molecular weight is 323 g/mol. The second-order valence-corrected chi connectivity index (χ2v) is 8.06. The first-order valence-corrected chi connectivity index (χ1v) is 9.33. The molecule has 1 aromatic carbocycles. The molecule has 1 N–H and O–H groups in total. The van der Waals surface area contributed by atoms with Crippen molar-refractivity contribution in [3.63, 3.8) is 0 Å². The van der Waals surface area contributed by atoms with Gasteiger partial charge in [0.2, 0.25) is 0 Å².